The molecule has 2 bridgehead atoms. The Morgan fingerprint density at radius 3 is 2.69 bits per heavy atom. The van der Waals surface area contributed by atoms with Gasteiger partial charge in [-0.2, -0.15) is 0 Å². The highest BCUT2D eigenvalue weighted by atomic mass is 16.2. The molecule has 0 aromatic heterocycles. The van der Waals surface area contributed by atoms with Crippen LogP contribution < -0.4 is 5.73 Å². The molecule has 16 heavy (non-hydrogen) atoms. The summed E-state index contributed by atoms with van der Waals surface area (Å²) in [5.41, 5.74) is 9.44. The molecule has 1 heterocycles. The lowest BCUT2D eigenvalue weighted by Crippen LogP contribution is -2.38. The Morgan fingerprint density at radius 2 is 2.00 bits per heavy atom. The maximum Gasteiger partial charge on any atom is 0.219 e. The quantitative estimate of drug-likeness (QED) is 0.671. The van der Waals surface area contributed by atoms with Gasteiger partial charge in [0.2, 0.25) is 5.91 Å². The van der Waals surface area contributed by atoms with Crippen LogP contribution in [0.5, 0.6) is 0 Å². The number of carbonyl (C=O) groups excluding carboxylic acids is 1. The normalized spacial score (nSPS) is 26.7. The van der Waals surface area contributed by atoms with Gasteiger partial charge in [-0.15, -0.1) is 0 Å². The van der Waals surface area contributed by atoms with E-state index in [1.807, 2.05) is 11.0 Å². The lowest BCUT2D eigenvalue weighted by Gasteiger charge is -2.31. The maximum absolute atomic E-state index is 11.4. The molecule has 3 rings (SSSR count). The van der Waals surface area contributed by atoms with E-state index in [4.69, 9.17) is 5.73 Å². The van der Waals surface area contributed by atoms with Crippen molar-refractivity contribution in [1.82, 2.24) is 4.90 Å². The Kier molecular flexibility index (Phi) is 1.96. The van der Waals surface area contributed by atoms with E-state index in [-0.39, 0.29) is 5.91 Å². The van der Waals surface area contributed by atoms with Crippen LogP contribution >= 0.6 is 0 Å². The van der Waals surface area contributed by atoms with Gasteiger partial charge in [0, 0.05) is 37.5 Å². The lowest BCUT2D eigenvalue weighted by molar-refractivity contribution is -0.130. The molecule has 1 aliphatic carbocycles. The molecule has 1 aromatic carbocycles. The average Bonchev–Trinajstić information content (AvgIpc) is 2.50. The van der Waals surface area contributed by atoms with E-state index in [1.165, 1.54) is 17.5 Å². The van der Waals surface area contributed by atoms with Crippen molar-refractivity contribution in [3.63, 3.8) is 0 Å². The predicted molar refractivity (Wildman–Crippen MR) is 63.2 cm³/mol. The number of anilines is 1. The van der Waals surface area contributed by atoms with E-state index in [9.17, 15) is 4.79 Å². The minimum atomic E-state index is 0.190. The third-order valence-electron chi connectivity index (χ3n) is 3.89. The van der Waals surface area contributed by atoms with Crippen molar-refractivity contribution in [3.8, 4) is 0 Å². The lowest BCUT2D eigenvalue weighted by atomic mass is 9.96. The van der Waals surface area contributed by atoms with E-state index < -0.39 is 0 Å². The molecule has 2 aliphatic rings. The molecule has 2 N–H and O–H groups in total. The van der Waals surface area contributed by atoms with Crippen molar-refractivity contribution in [3.05, 3.63) is 29.3 Å². The minimum Gasteiger partial charge on any atom is -0.399 e. The van der Waals surface area contributed by atoms with Crippen LogP contribution in [0.3, 0.4) is 0 Å². The van der Waals surface area contributed by atoms with Crippen LogP contribution in [0.2, 0.25) is 0 Å². The number of rotatable bonds is 0. The zero-order valence-electron chi connectivity index (χ0n) is 9.44. The number of fused-ring (bicyclic) bond motifs is 5. The number of carbonyl (C=O) groups is 1. The highest BCUT2D eigenvalue weighted by Crippen LogP contribution is 2.46. The molecule has 1 aliphatic heterocycles. The molecule has 1 amide bonds. The van der Waals surface area contributed by atoms with Crippen LogP contribution in [0.15, 0.2) is 18.2 Å². The Labute approximate surface area is 95.2 Å². The van der Waals surface area contributed by atoms with Gasteiger partial charge in [-0.05, 0) is 29.7 Å². The standard InChI is InChI=1S/C13H16N2O/c1-8(16)15-6-9-4-10(7-15)13-5-11(14)2-3-12(9)13/h2-3,5,9-10H,4,6-7,14H2,1H3. The van der Waals surface area contributed by atoms with Gasteiger partial charge in [0.05, 0.1) is 0 Å². The predicted octanol–water partition coefficient (Wildman–Crippen LogP) is 1.70. The molecule has 84 valence electrons. The molecule has 0 spiro atoms. The van der Waals surface area contributed by atoms with E-state index in [0.717, 1.165) is 18.8 Å². The first-order valence-corrected chi connectivity index (χ1v) is 5.80. The number of benzene rings is 1. The monoisotopic (exact) mass is 216 g/mol. The zero-order chi connectivity index (χ0) is 11.3. The first-order valence-electron chi connectivity index (χ1n) is 5.80. The first-order chi connectivity index (χ1) is 7.65. The molecule has 2 atom stereocenters. The Bertz CT molecular complexity index is 455. The van der Waals surface area contributed by atoms with Gasteiger partial charge in [-0.1, -0.05) is 6.07 Å². The second-order valence-corrected chi connectivity index (χ2v) is 4.94. The summed E-state index contributed by atoms with van der Waals surface area (Å²) in [5, 5.41) is 0. The van der Waals surface area contributed by atoms with E-state index in [0.29, 0.717) is 11.8 Å². The Balaban J connectivity index is 1.99. The fourth-order valence-corrected chi connectivity index (χ4v) is 3.13. The molecule has 1 aromatic rings. The summed E-state index contributed by atoms with van der Waals surface area (Å²) in [6.45, 7) is 3.40. The highest BCUT2D eigenvalue weighted by molar-refractivity contribution is 5.74. The number of nitrogens with zero attached hydrogens (tertiary/aromatic N) is 1. The SMILES string of the molecule is CC(=O)N1CC2CC(C1)c1cc(N)ccc12. The first kappa shape index (κ1) is 9.70. The molecule has 0 saturated carbocycles. The second-order valence-electron chi connectivity index (χ2n) is 4.94. The van der Waals surface area contributed by atoms with Crippen LogP contribution in [0, 0.1) is 0 Å². The summed E-state index contributed by atoms with van der Waals surface area (Å²) < 4.78 is 0. The molecule has 1 saturated heterocycles. The number of nitrogen functional groups attached to an aromatic ring is 1. The van der Waals surface area contributed by atoms with Crippen molar-refractivity contribution < 1.29 is 4.79 Å². The molecule has 2 unspecified atom stereocenters. The summed E-state index contributed by atoms with van der Waals surface area (Å²) in [7, 11) is 0. The number of amides is 1. The molecule has 0 radical (unpaired) electrons. The van der Waals surface area contributed by atoms with Crippen molar-refractivity contribution in [2.45, 2.75) is 25.2 Å². The molecule has 3 nitrogen and oxygen atoms in total. The number of hydrogen-bond acceptors (Lipinski definition) is 2. The van der Waals surface area contributed by atoms with E-state index in [2.05, 4.69) is 12.1 Å². The zero-order valence-corrected chi connectivity index (χ0v) is 9.44. The number of hydrogen-bond donors (Lipinski definition) is 1. The average molecular weight is 216 g/mol. The summed E-state index contributed by atoms with van der Waals surface area (Å²) in [4.78, 5) is 13.4. The maximum atomic E-state index is 11.4. The van der Waals surface area contributed by atoms with Crippen LogP contribution in [0.1, 0.15) is 36.3 Å². The van der Waals surface area contributed by atoms with Crippen molar-refractivity contribution in [2.75, 3.05) is 18.8 Å². The van der Waals surface area contributed by atoms with Crippen molar-refractivity contribution in [2.24, 2.45) is 0 Å². The topological polar surface area (TPSA) is 46.3 Å². The van der Waals surface area contributed by atoms with Gasteiger partial charge >= 0.3 is 0 Å². The van der Waals surface area contributed by atoms with Crippen molar-refractivity contribution >= 4 is 11.6 Å². The summed E-state index contributed by atoms with van der Waals surface area (Å²) in [6, 6.07) is 6.19. The Morgan fingerprint density at radius 1 is 1.31 bits per heavy atom. The summed E-state index contributed by atoms with van der Waals surface area (Å²) >= 11 is 0. The van der Waals surface area contributed by atoms with Gasteiger partial charge in [-0.25, -0.2) is 0 Å². The minimum absolute atomic E-state index is 0.190. The number of piperidine rings is 1. The largest absolute Gasteiger partial charge is 0.399 e. The van der Waals surface area contributed by atoms with Crippen LogP contribution in [-0.4, -0.2) is 23.9 Å². The van der Waals surface area contributed by atoms with Crippen LogP contribution in [0.25, 0.3) is 0 Å². The summed E-state index contributed by atoms with van der Waals surface area (Å²) in [6.07, 6.45) is 1.18. The fraction of sp³-hybridized carbons (Fsp3) is 0.462. The number of nitrogens with two attached hydrogens (primary N) is 1. The van der Waals surface area contributed by atoms with Gasteiger partial charge in [-0.3, -0.25) is 4.79 Å². The Hall–Kier alpha value is -1.51. The van der Waals surface area contributed by atoms with Gasteiger partial charge in [0.25, 0.3) is 0 Å². The fourth-order valence-electron chi connectivity index (χ4n) is 3.13. The molecule has 3 heteroatoms. The third-order valence-corrected chi connectivity index (χ3v) is 3.89. The van der Waals surface area contributed by atoms with Gasteiger partial charge < -0.3 is 10.6 Å². The number of likely N-dealkylation sites (tertiary alicyclic amines) is 1. The summed E-state index contributed by atoms with van der Waals surface area (Å²) in [5.74, 6) is 1.22. The van der Waals surface area contributed by atoms with Gasteiger partial charge in [0.1, 0.15) is 0 Å². The van der Waals surface area contributed by atoms with Crippen LogP contribution in [0.4, 0.5) is 5.69 Å². The third kappa shape index (κ3) is 1.31. The molecule has 1 fully saturated rings. The van der Waals surface area contributed by atoms with Crippen molar-refractivity contribution in [1.29, 1.82) is 0 Å². The van der Waals surface area contributed by atoms with Crippen LogP contribution in [-0.2, 0) is 4.79 Å². The molecular weight excluding hydrogens is 200 g/mol. The van der Waals surface area contributed by atoms with E-state index >= 15 is 0 Å². The highest BCUT2D eigenvalue weighted by Gasteiger charge is 2.38. The van der Waals surface area contributed by atoms with Gasteiger partial charge in [0.15, 0.2) is 0 Å². The van der Waals surface area contributed by atoms with E-state index in [1.54, 1.807) is 6.92 Å². The second kappa shape index (κ2) is 3.24. The molecular formula is C13H16N2O. The smallest absolute Gasteiger partial charge is 0.219 e.